The van der Waals surface area contributed by atoms with Crippen LogP contribution in [0.15, 0.2) is 59.1 Å². The maximum absolute atomic E-state index is 12.1. The highest BCUT2D eigenvalue weighted by Crippen LogP contribution is 2.20. The topological polar surface area (TPSA) is 55.1 Å². The van der Waals surface area contributed by atoms with Crippen molar-refractivity contribution in [1.82, 2.24) is 5.16 Å². The number of nitrogens with zero attached hydrogens (tertiary/aromatic N) is 1. The lowest BCUT2D eigenvalue weighted by Crippen LogP contribution is -2.14. The molecular weight excluding hydrogens is 288 g/mol. The van der Waals surface area contributed by atoms with Crippen LogP contribution in [-0.2, 0) is 11.2 Å². The van der Waals surface area contributed by atoms with E-state index in [2.05, 4.69) is 10.5 Å². The zero-order chi connectivity index (χ0) is 16.2. The molecular formula is C19H18N2O2. The van der Waals surface area contributed by atoms with E-state index in [1.54, 1.807) is 6.07 Å². The first-order valence-electron chi connectivity index (χ1n) is 7.50. The van der Waals surface area contributed by atoms with Crippen molar-refractivity contribution in [2.45, 2.75) is 20.3 Å². The molecule has 0 aliphatic carbocycles. The summed E-state index contributed by atoms with van der Waals surface area (Å²) in [4.78, 5) is 12.1. The largest absolute Gasteiger partial charge is 0.356 e. The van der Waals surface area contributed by atoms with Gasteiger partial charge in [-0.15, -0.1) is 0 Å². The molecule has 0 aliphatic rings. The molecule has 0 saturated carbocycles. The maximum Gasteiger partial charge on any atom is 0.230 e. The molecule has 1 amide bonds. The summed E-state index contributed by atoms with van der Waals surface area (Å²) in [5.41, 5.74) is 4.71. The summed E-state index contributed by atoms with van der Waals surface area (Å²) in [7, 11) is 0. The Kier molecular flexibility index (Phi) is 4.24. The molecule has 4 heteroatoms. The summed E-state index contributed by atoms with van der Waals surface area (Å²) < 4.78 is 5.31. The van der Waals surface area contributed by atoms with Gasteiger partial charge in [0.15, 0.2) is 5.76 Å². The lowest BCUT2D eigenvalue weighted by molar-refractivity contribution is -0.115. The van der Waals surface area contributed by atoms with Crippen molar-refractivity contribution in [1.29, 1.82) is 0 Å². The molecule has 0 unspecified atom stereocenters. The van der Waals surface area contributed by atoms with E-state index in [4.69, 9.17) is 4.52 Å². The van der Waals surface area contributed by atoms with E-state index in [0.717, 1.165) is 16.8 Å². The Morgan fingerprint density at radius 1 is 1.04 bits per heavy atom. The Hall–Kier alpha value is -2.88. The molecule has 116 valence electrons. The lowest BCUT2D eigenvalue weighted by atomic mass is 10.1. The van der Waals surface area contributed by atoms with Gasteiger partial charge in [-0.3, -0.25) is 4.79 Å². The van der Waals surface area contributed by atoms with Crippen molar-refractivity contribution in [3.05, 3.63) is 71.4 Å². The van der Waals surface area contributed by atoms with Gasteiger partial charge in [-0.05, 0) is 37.1 Å². The third-order valence-electron chi connectivity index (χ3n) is 3.75. The number of carbonyl (C=O) groups is 1. The molecule has 0 aliphatic heterocycles. The third kappa shape index (κ3) is 3.66. The van der Waals surface area contributed by atoms with Crippen molar-refractivity contribution >= 4 is 11.6 Å². The number of rotatable bonds is 4. The van der Waals surface area contributed by atoms with E-state index in [-0.39, 0.29) is 12.3 Å². The van der Waals surface area contributed by atoms with Gasteiger partial charge in [0.2, 0.25) is 5.91 Å². The van der Waals surface area contributed by atoms with E-state index in [0.29, 0.717) is 11.5 Å². The molecule has 3 rings (SSSR count). The number of hydrogen-bond acceptors (Lipinski definition) is 3. The highest BCUT2D eigenvalue weighted by Gasteiger charge is 2.11. The molecule has 1 heterocycles. The number of hydrogen-bond donors (Lipinski definition) is 1. The fraction of sp³-hybridized carbons (Fsp3) is 0.158. The predicted octanol–water partition coefficient (Wildman–Crippen LogP) is 4.14. The fourth-order valence-corrected chi connectivity index (χ4v) is 2.32. The van der Waals surface area contributed by atoms with Crippen LogP contribution in [0, 0.1) is 13.8 Å². The minimum atomic E-state index is -0.110. The van der Waals surface area contributed by atoms with Gasteiger partial charge in [-0.25, -0.2) is 0 Å². The molecule has 4 nitrogen and oxygen atoms in total. The van der Waals surface area contributed by atoms with Crippen LogP contribution in [0.25, 0.3) is 11.3 Å². The summed E-state index contributed by atoms with van der Waals surface area (Å²) in [6, 6.07) is 17.4. The predicted molar refractivity (Wildman–Crippen MR) is 90.2 cm³/mol. The Morgan fingerprint density at radius 2 is 1.83 bits per heavy atom. The molecule has 0 fully saturated rings. The van der Waals surface area contributed by atoms with Crippen molar-refractivity contribution in [2.75, 3.05) is 5.32 Å². The van der Waals surface area contributed by atoms with Crippen molar-refractivity contribution in [2.24, 2.45) is 0 Å². The zero-order valence-electron chi connectivity index (χ0n) is 13.2. The first-order chi connectivity index (χ1) is 11.1. The van der Waals surface area contributed by atoms with E-state index < -0.39 is 0 Å². The molecule has 0 atom stereocenters. The Morgan fingerprint density at radius 3 is 2.57 bits per heavy atom. The summed E-state index contributed by atoms with van der Waals surface area (Å²) in [5.74, 6) is 0.556. The molecule has 1 N–H and O–H groups in total. The lowest BCUT2D eigenvalue weighted by Gasteiger charge is -2.06. The molecule has 2 aromatic carbocycles. The second-order valence-corrected chi connectivity index (χ2v) is 5.57. The van der Waals surface area contributed by atoms with Crippen LogP contribution in [0.4, 0.5) is 5.69 Å². The Balaban J connectivity index is 1.66. The van der Waals surface area contributed by atoms with Crippen LogP contribution in [0.3, 0.4) is 0 Å². The third-order valence-corrected chi connectivity index (χ3v) is 3.75. The van der Waals surface area contributed by atoms with Crippen LogP contribution in [-0.4, -0.2) is 11.1 Å². The van der Waals surface area contributed by atoms with Gasteiger partial charge in [-0.2, -0.15) is 0 Å². The molecule has 3 aromatic rings. The minimum Gasteiger partial charge on any atom is -0.356 e. The second kappa shape index (κ2) is 6.48. The number of carbonyl (C=O) groups excluding carboxylic acids is 1. The van der Waals surface area contributed by atoms with E-state index >= 15 is 0 Å². The van der Waals surface area contributed by atoms with Gasteiger partial charge < -0.3 is 9.84 Å². The number of nitrogens with one attached hydrogen (secondary N) is 1. The van der Waals surface area contributed by atoms with Crippen LogP contribution in [0.5, 0.6) is 0 Å². The van der Waals surface area contributed by atoms with Gasteiger partial charge in [0.1, 0.15) is 0 Å². The van der Waals surface area contributed by atoms with Crippen molar-refractivity contribution in [3.63, 3.8) is 0 Å². The molecule has 0 radical (unpaired) electrons. The Bertz CT molecular complexity index is 822. The summed E-state index contributed by atoms with van der Waals surface area (Å²) in [5, 5.41) is 6.86. The first kappa shape index (κ1) is 15.0. The minimum absolute atomic E-state index is 0.110. The summed E-state index contributed by atoms with van der Waals surface area (Å²) >= 11 is 0. The van der Waals surface area contributed by atoms with Crippen molar-refractivity contribution < 1.29 is 9.32 Å². The van der Waals surface area contributed by atoms with Crippen LogP contribution >= 0.6 is 0 Å². The first-order valence-corrected chi connectivity index (χ1v) is 7.50. The highest BCUT2D eigenvalue weighted by atomic mass is 16.5. The Labute approximate surface area is 135 Å². The van der Waals surface area contributed by atoms with Gasteiger partial charge >= 0.3 is 0 Å². The quantitative estimate of drug-likeness (QED) is 0.788. The molecule has 23 heavy (non-hydrogen) atoms. The van der Waals surface area contributed by atoms with Gasteiger partial charge in [0.25, 0.3) is 0 Å². The average molecular weight is 306 g/mol. The average Bonchev–Trinajstić information content (AvgIpc) is 3.00. The normalized spacial score (nSPS) is 10.5. The molecule has 1 aromatic heterocycles. The number of amides is 1. The molecule has 0 bridgehead atoms. The number of anilines is 1. The molecule has 0 saturated heterocycles. The van der Waals surface area contributed by atoms with Crippen molar-refractivity contribution in [3.8, 4) is 11.3 Å². The summed E-state index contributed by atoms with van der Waals surface area (Å²) in [6.45, 7) is 4.07. The highest BCUT2D eigenvalue weighted by molar-refractivity contribution is 5.92. The van der Waals surface area contributed by atoms with Crippen LogP contribution in [0.1, 0.15) is 16.8 Å². The number of aromatic nitrogens is 1. The number of benzene rings is 2. The van der Waals surface area contributed by atoms with E-state index in [1.165, 1.54) is 5.56 Å². The standard InChI is InChI=1S/C19H18N2O2/c1-13-8-9-16(10-14(13)2)20-19(22)12-17-11-18(23-21-17)15-6-4-3-5-7-15/h3-11H,12H2,1-2H3,(H,20,22). The van der Waals surface area contributed by atoms with E-state index in [9.17, 15) is 4.79 Å². The SMILES string of the molecule is Cc1ccc(NC(=O)Cc2cc(-c3ccccc3)on2)cc1C. The van der Waals surface area contributed by atoms with Gasteiger partial charge in [0, 0.05) is 17.3 Å². The van der Waals surface area contributed by atoms with Crippen LogP contribution in [0.2, 0.25) is 0 Å². The monoisotopic (exact) mass is 306 g/mol. The second-order valence-electron chi connectivity index (χ2n) is 5.57. The van der Waals surface area contributed by atoms with Gasteiger partial charge in [0.05, 0.1) is 12.1 Å². The molecule has 0 spiro atoms. The smallest absolute Gasteiger partial charge is 0.230 e. The number of aryl methyl sites for hydroxylation is 2. The maximum atomic E-state index is 12.1. The van der Waals surface area contributed by atoms with Gasteiger partial charge in [-0.1, -0.05) is 41.6 Å². The van der Waals surface area contributed by atoms with Crippen LogP contribution < -0.4 is 5.32 Å². The van der Waals surface area contributed by atoms with E-state index in [1.807, 2.05) is 62.4 Å². The summed E-state index contributed by atoms with van der Waals surface area (Å²) in [6.07, 6.45) is 0.184. The fourth-order valence-electron chi connectivity index (χ4n) is 2.32. The zero-order valence-corrected chi connectivity index (χ0v) is 13.2.